The summed E-state index contributed by atoms with van der Waals surface area (Å²) in [5.41, 5.74) is 6.25. The fourth-order valence-corrected chi connectivity index (χ4v) is 2.80. The standard InChI is InChI=1S/C22H33N3O6/c1-3-30-21(28)16(2)14-18(20(23)27)25-19(26)12-8-5-9-13-24-22(29)31-15-17-10-6-4-7-11-17/h4,6-7,10-11,16,18H,3,5,8-9,12-15H2,1-2H3,(H2,23,27)(H,24,29)(H,25,26)/t16-,18+/m1/s1. The molecule has 0 heterocycles. The molecule has 2 atom stereocenters. The van der Waals surface area contributed by atoms with Gasteiger partial charge in [-0.2, -0.15) is 0 Å². The van der Waals surface area contributed by atoms with Gasteiger partial charge < -0.3 is 25.8 Å². The van der Waals surface area contributed by atoms with Crippen molar-refractivity contribution in [3.8, 4) is 0 Å². The Labute approximate surface area is 183 Å². The first-order chi connectivity index (χ1) is 14.8. The van der Waals surface area contributed by atoms with Crippen LogP contribution in [-0.4, -0.2) is 43.1 Å². The third-order valence-electron chi connectivity index (χ3n) is 4.52. The molecule has 9 nitrogen and oxygen atoms in total. The molecule has 0 aliphatic carbocycles. The van der Waals surface area contributed by atoms with E-state index in [1.54, 1.807) is 13.8 Å². The molecule has 0 saturated heterocycles. The summed E-state index contributed by atoms with van der Waals surface area (Å²) in [6.45, 7) is 4.22. The van der Waals surface area contributed by atoms with Gasteiger partial charge in [0.1, 0.15) is 12.6 Å². The number of nitrogens with two attached hydrogens (primary N) is 1. The van der Waals surface area contributed by atoms with Crippen LogP contribution in [0.2, 0.25) is 0 Å². The van der Waals surface area contributed by atoms with Gasteiger partial charge in [-0.1, -0.05) is 43.7 Å². The zero-order chi connectivity index (χ0) is 23.1. The molecule has 0 bridgehead atoms. The van der Waals surface area contributed by atoms with E-state index in [1.807, 2.05) is 30.3 Å². The predicted octanol–water partition coefficient (Wildman–Crippen LogP) is 2.03. The summed E-state index contributed by atoms with van der Waals surface area (Å²) >= 11 is 0. The largest absolute Gasteiger partial charge is 0.466 e. The van der Waals surface area contributed by atoms with Gasteiger partial charge in [-0.25, -0.2) is 4.79 Å². The van der Waals surface area contributed by atoms with E-state index in [0.717, 1.165) is 5.56 Å². The maximum Gasteiger partial charge on any atom is 0.407 e. The van der Waals surface area contributed by atoms with Crippen molar-refractivity contribution in [2.45, 2.75) is 58.6 Å². The average molecular weight is 436 g/mol. The number of benzene rings is 1. The normalized spacial score (nSPS) is 12.3. The maximum absolute atomic E-state index is 12.1. The molecule has 0 aliphatic heterocycles. The van der Waals surface area contributed by atoms with Gasteiger partial charge in [0.2, 0.25) is 11.8 Å². The molecule has 0 unspecified atom stereocenters. The quantitative estimate of drug-likeness (QED) is 0.302. The molecule has 172 valence electrons. The van der Waals surface area contributed by atoms with Gasteiger partial charge in [0, 0.05) is 13.0 Å². The molecule has 0 aliphatic rings. The summed E-state index contributed by atoms with van der Waals surface area (Å²) in [5, 5.41) is 5.24. The second-order valence-electron chi connectivity index (χ2n) is 7.21. The number of amides is 3. The Kier molecular flexibility index (Phi) is 12.4. The summed E-state index contributed by atoms with van der Waals surface area (Å²) in [5.74, 6) is -1.99. The van der Waals surface area contributed by atoms with Crippen molar-refractivity contribution in [3.63, 3.8) is 0 Å². The number of carbonyl (C=O) groups is 4. The van der Waals surface area contributed by atoms with Gasteiger partial charge in [0.05, 0.1) is 12.5 Å². The Morgan fingerprint density at radius 3 is 2.39 bits per heavy atom. The van der Waals surface area contributed by atoms with Crippen LogP contribution in [0.3, 0.4) is 0 Å². The number of alkyl carbamates (subject to hydrolysis) is 1. The van der Waals surface area contributed by atoms with E-state index in [1.165, 1.54) is 0 Å². The van der Waals surface area contributed by atoms with Crippen LogP contribution in [0.15, 0.2) is 30.3 Å². The van der Waals surface area contributed by atoms with Crippen molar-refractivity contribution in [2.75, 3.05) is 13.2 Å². The van der Waals surface area contributed by atoms with E-state index in [9.17, 15) is 19.2 Å². The van der Waals surface area contributed by atoms with Gasteiger partial charge in [-0.05, 0) is 31.7 Å². The fraction of sp³-hybridized carbons (Fsp3) is 0.545. The lowest BCUT2D eigenvalue weighted by molar-refractivity contribution is -0.148. The molecular weight excluding hydrogens is 402 g/mol. The molecule has 0 spiro atoms. The predicted molar refractivity (Wildman–Crippen MR) is 115 cm³/mol. The number of carbonyl (C=O) groups excluding carboxylic acids is 4. The van der Waals surface area contributed by atoms with Crippen LogP contribution >= 0.6 is 0 Å². The smallest absolute Gasteiger partial charge is 0.407 e. The molecule has 3 amide bonds. The second-order valence-corrected chi connectivity index (χ2v) is 7.21. The first kappa shape index (κ1) is 25.9. The van der Waals surface area contributed by atoms with Crippen LogP contribution in [0.1, 0.15) is 51.5 Å². The minimum absolute atomic E-state index is 0.0922. The molecule has 1 aromatic rings. The SMILES string of the molecule is CCOC(=O)[C@H](C)C[C@H](NC(=O)CCCCCNC(=O)OCc1ccccc1)C(N)=O. The summed E-state index contributed by atoms with van der Waals surface area (Å²) in [4.78, 5) is 47.0. The van der Waals surface area contributed by atoms with Crippen LogP contribution in [0.5, 0.6) is 0 Å². The number of hydrogen-bond donors (Lipinski definition) is 3. The summed E-state index contributed by atoms with van der Waals surface area (Å²) in [7, 11) is 0. The molecule has 1 rings (SSSR count). The van der Waals surface area contributed by atoms with Crippen molar-refractivity contribution in [1.82, 2.24) is 10.6 Å². The van der Waals surface area contributed by atoms with E-state index < -0.39 is 29.9 Å². The van der Waals surface area contributed by atoms with E-state index in [-0.39, 0.29) is 32.0 Å². The fourth-order valence-electron chi connectivity index (χ4n) is 2.80. The van der Waals surface area contributed by atoms with Crippen LogP contribution < -0.4 is 16.4 Å². The van der Waals surface area contributed by atoms with Crippen LogP contribution in [-0.2, 0) is 30.5 Å². The highest BCUT2D eigenvalue weighted by molar-refractivity contribution is 5.87. The third kappa shape index (κ3) is 11.6. The minimum atomic E-state index is -0.923. The number of hydrogen-bond acceptors (Lipinski definition) is 6. The van der Waals surface area contributed by atoms with E-state index in [4.69, 9.17) is 15.2 Å². The van der Waals surface area contributed by atoms with Crippen molar-refractivity contribution in [2.24, 2.45) is 11.7 Å². The summed E-state index contributed by atoms with van der Waals surface area (Å²) < 4.78 is 10.0. The molecule has 0 radical (unpaired) electrons. The number of ether oxygens (including phenoxy) is 2. The van der Waals surface area contributed by atoms with Gasteiger partial charge in [-0.15, -0.1) is 0 Å². The summed E-state index contributed by atoms with van der Waals surface area (Å²) in [6.07, 6.45) is 1.82. The number of unbranched alkanes of at least 4 members (excludes halogenated alkanes) is 2. The monoisotopic (exact) mass is 435 g/mol. The van der Waals surface area contributed by atoms with Gasteiger partial charge in [0.25, 0.3) is 0 Å². The minimum Gasteiger partial charge on any atom is -0.466 e. The number of nitrogens with one attached hydrogen (secondary N) is 2. The van der Waals surface area contributed by atoms with E-state index in [2.05, 4.69) is 10.6 Å². The number of primary amides is 1. The van der Waals surface area contributed by atoms with Gasteiger partial charge >= 0.3 is 12.1 Å². The Hall–Kier alpha value is -3.10. The zero-order valence-corrected chi connectivity index (χ0v) is 18.2. The van der Waals surface area contributed by atoms with Crippen LogP contribution in [0.25, 0.3) is 0 Å². The van der Waals surface area contributed by atoms with E-state index in [0.29, 0.717) is 25.8 Å². The lowest BCUT2D eigenvalue weighted by atomic mass is 10.0. The van der Waals surface area contributed by atoms with Crippen molar-refractivity contribution >= 4 is 23.9 Å². The Morgan fingerprint density at radius 1 is 1.03 bits per heavy atom. The van der Waals surface area contributed by atoms with E-state index >= 15 is 0 Å². The Morgan fingerprint density at radius 2 is 1.74 bits per heavy atom. The zero-order valence-electron chi connectivity index (χ0n) is 18.2. The van der Waals surface area contributed by atoms with Crippen LogP contribution in [0.4, 0.5) is 4.79 Å². The highest BCUT2D eigenvalue weighted by atomic mass is 16.5. The number of esters is 1. The van der Waals surface area contributed by atoms with Crippen molar-refractivity contribution < 1.29 is 28.7 Å². The topological polar surface area (TPSA) is 137 Å². The lowest BCUT2D eigenvalue weighted by Gasteiger charge is -2.18. The molecule has 1 aromatic carbocycles. The molecule has 31 heavy (non-hydrogen) atoms. The van der Waals surface area contributed by atoms with Gasteiger partial charge in [-0.3, -0.25) is 14.4 Å². The maximum atomic E-state index is 12.1. The van der Waals surface area contributed by atoms with Crippen LogP contribution in [0, 0.1) is 5.92 Å². The lowest BCUT2D eigenvalue weighted by Crippen LogP contribution is -2.46. The molecular formula is C22H33N3O6. The molecule has 0 aromatic heterocycles. The third-order valence-corrected chi connectivity index (χ3v) is 4.52. The molecule has 0 fully saturated rings. The Bertz CT molecular complexity index is 710. The molecule has 9 heteroatoms. The van der Waals surface area contributed by atoms with Crippen molar-refractivity contribution in [1.29, 1.82) is 0 Å². The van der Waals surface area contributed by atoms with Gasteiger partial charge in [0.15, 0.2) is 0 Å². The molecule has 4 N–H and O–H groups in total. The Balaban J connectivity index is 2.17. The second kappa shape index (κ2) is 14.8. The summed E-state index contributed by atoms with van der Waals surface area (Å²) in [6, 6.07) is 8.46. The first-order valence-electron chi connectivity index (χ1n) is 10.5. The van der Waals surface area contributed by atoms with Crippen molar-refractivity contribution in [3.05, 3.63) is 35.9 Å². The highest BCUT2D eigenvalue weighted by Gasteiger charge is 2.25. The average Bonchev–Trinajstić information content (AvgIpc) is 2.74. The highest BCUT2D eigenvalue weighted by Crippen LogP contribution is 2.09. The molecule has 0 saturated carbocycles. The first-order valence-corrected chi connectivity index (χ1v) is 10.5. The number of rotatable bonds is 14.